The molecule has 12 heavy (non-hydrogen) atoms. The van der Waals surface area contributed by atoms with Gasteiger partial charge in [0.25, 0.3) is 0 Å². The molecule has 0 aromatic rings. The van der Waals surface area contributed by atoms with Crippen LogP contribution in [0.25, 0.3) is 0 Å². The molecule has 0 rings (SSSR count). The predicted octanol–water partition coefficient (Wildman–Crippen LogP) is -1.64. The second-order valence-corrected chi connectivity index (χ2v) is 4.58. The SMILES string of the molecule is CC(C(=O)O)S(=O)(=O)CC(N)=O. The van der Waals surface area contributed by atoms with Gasteiger partial charge in [0.2, 0.25) is 5.91 Å². The van der Waals surface area contributed by atoms with E-state index < -0.39 is 32.7 Å². The van der Waals surface area contributed by atoms with Gasteiger partial charge in [-0.05, 0) is 6.92 Å². The van der Waals surface area contributed by atoms with E-state index in [9.17, 15) is 18.0 Å². The average molecular weight is 195 g/mol. The highest BCUT2D eigenvalue weighted by Crippen LogP contribution is 2.01. The van der Waals surface area contributed by atoms with E-state index in [4.69, 9.17) is 5.11 Å². The topological polar surface area (TPSA) is 115 Å². The Kier molecular flexibility index (Phi) is 3.20. The van der Waals surface area contributed by atoms with E-state index in [1.54, 1.807) is 0 Å². The van der Waals surface area contributed by atoms with Gasteiger partial charge in [0.1, 0.15) is 5.75 Å². The molecule has 0 radical (unpaired) electrons. The highest BCUT2D eigenvalue weighted by Gasteiger charge is 2.28. The molecule has 1 amide bonds. The molecule has 1 atom stereocenters. The number of carboxylic acids is 1. The van der Waals surface area contributed by atoms with Crippen LogP contribution in [0, 0.1) is 0 Å². The van der Waals surface area contributed by atoms with Crippen LogP contribution in [-0.2, 0) is 19.4 Å². The molecule has 3 N–H and O–H groups in total. The zero-order valence-corrected chi connectivity index (χ0v) is 7.17. The summed E-state index contributed by atoms with van der Waals surface area (Å²) in [5.41, 5.74) is 4.61. The zero-order chi connectivity index (χ0) is 9.94. The molecule has 0 saturated heterocycles. The summed E-state index contributed by atoms with van der Waals surface area (Å²) in [5.74, 6) is -3.47. The van der Waals surface area contributed by atoms with Crippen molar-refractivity contribution >= 4 is 21.7 Å². The highest BCUT2D eigenvalue weighted by molar-refractivity contribution is 7.93. The van der Waals surface area contributed by atoms with Gasteiger partial charge in [0.15, 0.2) is 15.1 Å². The summed E-state index contributed by atoms with van der Waals surface area (Å²) in [6.07, 6.45) is 0. The minimum Gasteiger partial charge on any atom is -0.480 e. The van der Waals surface area contributed by atoms with Gasteiger partial charge in [0, 0.05) is 0 Å². The van der Waals surface area contributed by atoms with Crippen LogP contribution in [0.15, 0.2) is 0 Å². The average Bonchev–Trinajstić information content (AvgIpc) is 1.82. The number of rotatable bonds is 4. The van der Waals surface area contributed by atoms with Crippen molar-refractivity contribution < 1.29 is 23.1 Å². The Hall–Kier alpha value is -1.11. The summed E-state index contributed by atoms with van der Waals surface area (Å²) in [6.45, 7) is 0.987. The van der Waals surface area contributed by atoms with Gasteiger partial charge in [0.05, 0.1) is 0 Å². The number of carboxylic acid groups (broad SMARTS) is 1. The van der Waals surface area contributed by atoms with Crippen molar-refractivity contribution in [3.63, 3.8) is 0 Å². The molecule has 0 heterocycles. The van der Waals surface area contributed by atoms with Gasteiger partial charge in [-0.2, -0.15) is 0 Å². The molecule has 0 aliphatic rings. The number of aliphatic carboxylic acids is 1. The highest BCUT2D eigenvalue weighted by atomic mass is 32.2. The maximum Gasteiger partial charge on any atom is 0.321 e. The summed E-state index contributed by atoms with van der Waals surface area (Å²) in [7, 11) is -3.93. The van der Waals surface area contributed by atoms with Crippen LogP contribution >= 0.6 is 0 Å². The Morgan fingerprint density at radius 3 is 2.17 bits per heavy atom. The molecule has 7 heteroatoms. The van der Waals surface area contributed by atoms with E-state index in [1.807, 2.05) is 0 Å². The van der Waals surface area contributed by atoms with Crippen molar-refractivity contribution in [3.8, 4) is 0 Å². The molecule has 70 valence electrons. The van der Waals surface area contributed by atoms with Crippen molar-refractivity contribution in [1.82, 2.24) is 0 Å². The predicted molar refractivity (Wildman–Crippen MR) is 40.1 cm³/mol. The Balaban J connectivity index is 4.63. The third-order valence-corrected chi connectivity index (χ3v) is 3.20. The number of carbonyl (C=O) groups excluding carboxylic acids is 1. The third-order valence-electron chi connectivity index (χ3n) is 1.23. The summed E-state index contributed by atoms with van der Waals surface area (Å²) < 4.78 is 21.8. The van der Waals surface area contributed by atoms with Crippen LogP contribution in [-0.4, -0.2) is 36.4 Å². The number of amides is 1. The molecule has 0 spiro atoms. The van der Waals surface area contributed by atoms with Crippen LogP contribution in [0.5, 0.6) is 0 Å². The monoisotopic (exact) mass is 195 g/mol. The fraction of sp³-hybridized carbons (Fsp3) is 0.600. The molecule has 0 fully saturated rings. The van der Waals surface area contributed by atoms with Crippen LogP contribution < -0.4 is 5.73 Å². The number of sulfone groups is 1. The number of hydrogen-bond donors (Lipinski definition) is 2. The lowest BCUT2D eigenvalue weighted by molar-refractivity contribution is -0.136. The molecule has 0 aliphatic heterocycles. The summed E-state index contributed by atoms with van der Waals surface area (Å²) in [6, 6.07) is 0. The first-order valence-corrected chi connectivity index (χ1v) is 4.71. The first-order valence-electron chi connectivity index (χ1n) is 3.00. The quantitative estimate of drug-likeness (QED) is 0.558. The first-order chi connectivity index (χ1) is 5.27. The molecule has 0 bridgehead atoms. The molecule has 0 aliphatic carbocycles. The number of primary amides is 1. The van der Waals surface area contributed by atoms with E-state index in [-0.39, 0.29) is 0 Å². The van der Waals surface area contributed by atoms with Crippen molar-refractivity contribution in [2.45, 2.75) is 12.2 Å². The lowest BCUT2D eigenvalue weighted by Gasteiger charge is -2.04. The van der Waals surface area contributed by atoms with E-state index in [2.05, 4.69) is 5.73 Å². The molecular weight excluding hydrogens is 186 g/mol. The van der Waals surface area contributed by atoms with E-state index in [1.165, 1.54) is 0 Å². The van der Waals surface area contributed by atoms with Gasteiger partial charge in [-0.15, -0.1) is 0 Å². The molecule has 6 nitrogen and oxygen atoms in total. The number of hydrogen-bond acceptors (Lipinski definition) is 4. The van der Waals surface area contributed by atoms with E-state index in [0.717, 1.165) is 6.92 Å². The Morgan fingerprint density at radius 1 is 1.50 bits per heavy atom. The van der Waals surface area contributed by atoms with Gasteiger partial charge in [-0.1, -0.05) is 0 Å². The standard InChI is InChI=1S/C5H9NO5S/c1-3(5(8)9)12(10,11)2-4(6)7/h3H,2H2,1H3,(H2,6,7)(H,8,9). The summed E-state index contributed by atoms with van der Waals surface area (Å²) >= 11 is 0. The van der Waals surface area contributed by atoms with E-state index >= 15 is 0 Å². The van der Waals surface area contributed by atoms with Gasteiger partial charge in [-0.3, -0.25) is 9.59 Å². The van der Waals surface area contributed by atoms with Crippen LogP contribution in [0.2, 0.25) is 0 Å². The third kappa shape index (κ3) is 2.87. The van der Waals surface area contributed by atoms with Gasteiger partial charge in [-0.25, -0.2) is 8.42 Å². The van der Waals surface area contributed by atoms with Crippen molar-refractivity contribution in [3.05, 3.63) is 0 Å². The maximum absolute atomic E-state index is 10.9. The van der Waals surface area contributed by atoms with Crippen LogP contribution in [0.4, 0.5) is 0 Å². The van der Waals surface area contributed by atoms with Gasteiger partial charge >= 0.3 is 5.97 Å². The minimum absolute atomic E-state index is 0.930. The molecular formula is C5H9NO5S. The summed E-state index contributed by atoms with van der Waals surface area (Å²) in [5, 5.41) is 6.71. The van der Waals surface area contributed by atoms with Crippen molar-refractivity contribution in [2.75, 3.05) is 5.75 Å². The first kappa shape index (κ1) is 10.9. The molecule has 1 unspecified atom stereocenters. The van der Waals surface area contributed by atoms with Gasteiger partial charge < -0.3 is 10.8 Å². The lowest BCUT2D eigenvalue weighted by atomic mass is 10.5. The van der Waals surface area contributed by atoms with E-state index in [0.29, 0.717) is 0 Å². The Labute approximate surface area is 69.3 Å². The second kappa shape index (κ2) is 3.53. The molecule has 0 saturated carbocycles. The second-order valence-electron chi connectivity index (χ2n) is 2.25. The van der Waals surface area contributed by atoms with Crippen LogP contribution in [0.3, 0.4) is 0 Å². The van der Waals surface area contributed by atoms with Crippen molar-refractivity contribution in [2.24, 2.45) is 5.73 Å². The maximum atomic E-state index is 10.9. The fourth-order valence-electron chi connectivity index (χ4n) is 0.477. The fourth-order valence-corrected chi connectivity index (χ4v) is 1.43. The smallest absolute Gasteiger partial charge is 0.321 e. The normalized spacial score (nSPS) is 13.8. The zero-order valence-electron chi connectivity index (χ0n) is 6.35. The number of nitrogens with two attached hydrogens (primary N) is 1. The Morgan fingerprint density at radius 2 is 1.92 bits per heavy atom. The molecule has 0 aromatic heterocycles. The Bertz CT molecular complexity index is 293. The number of carbonyl (C=O) groups is 2. The summed E-state index contributed by atoms with van der Waals surface area (Å²) in [4.78, 5) is 20.4. The largest absolute Gasteiger partial charge is 0.480 e. The van der Waals surface area contributed by atoms with Crippen molar-refractivity contribution in [1.29, 1.82) is 0 Å². The molecule has 0 aromatic carbocycles. The lowest BCUT2D eigenvalue weighted by Crippen LogP contribution is -2.34. The minimum atomic E-state index is -3.93. The van der Waals surface area contributed by atoms with Crippen LogP contribution in [0.1, 0.15) is 6.92 Å².